The number of benzene rings is 1. The van der Waals surface area contributed by atoms with Gasteiger partial charge in [0.15, 0.2) is 0 Å². The number of nitrogens with zero attached hydrogens (tertiary/aromatic N) is 1. The van der Waals surface area contributed by atoms with Crippen molar-refractivity contribution in [3.8, 4) is 0 Å². The summed E-state index contributed by atoms with van der Waals surface area (Å²) in [4.78, 5) is 13.5. The first-order valence-corrected chi connectivity index (χ1v) is 6.79. The van der Waals surface area contributed by atoms with Crippen LogP contribution in [0.25, 0.3) is 0 Å². The summed E-state index contributed by atoms with van der Waals surface area (Å²) in [5, 5.41) is 3.16. The Morgan fingerprint density at radius 3 is 2.16 bits per heavy atom. The second-order valence-corrected chi connectivity index (χ2v) is 5.18. The van der Waals surface area contributed by atoms with Crippen molar-refractivity contribution in [2.75, 3.05) is 18.0 Å². The van der Waals surface area contributed by atoms with Crippen LogP contribution in [0.15, 0.2) is 24.3 Å². The average Bonchev–Trinajstić information content (AvgIpc) is 2.39. The number of primary amides is 1. The molecule has 1 rings (SSSR count). The summed E-state index contributed by atoms with van der Waals surface area (Å²) < 4.78 is 0. The van der Waals surface area contributed by atoms with Gasteiger partial charge in [0.05, 0.1) is 5.54 Å². The van der Waals surface area contributed by atoms with Gasteiger partial charge >= 0.3 is 0 Å². The Labute approximate surface area is 116 Å². The third kappa shape index (κ3) is 4.24. The number of nitrogens with two attached hydrogens (primary N) is 1. The molecule has 19 heavy (non-hydrogen) atoms. The van der Waals surface area contributed by atoms with Crippen molar-refractivity contribution in [2.24, 2.45) is 5.73 Å². The first-order valence-electron chi connectivity index (χ1n) is 6.79. The van der Waals surface area contributed by atoms with Crippen LogP contribution in [-0.2, 0) is 11.3 Å². The molecular formula is C15H25N3O. The zero-order valence-corrected chi connectivity index (χ0v) is 12.4. The molecule has 0 aromatic heterocycles. The maximum Gasteiger partial charge on any atom is 0.237 e. The van der Waals surface area contributed by atoms with Gasteiger partial charge in [0.1, 0.15) is 0 Å². The van der Waals surface area contributed by atoms with Crippen molar-refractivity contribution < 1.29 is 4.79 Å². The summed E-state index contributed by atoms with van der Waals surface area (Å²) in [7, 11) is 0. The largest absolute Gasteiger partial charge is 0.372 e. The Balaban J connectivity index is 2.65. The highest BCUT2D eigenvalue weighted by Crippen LogP contribution is 2.15. The zero-order valence-electron chi connectivity index (χ0n) is 12.4. The van der Waals surface area contributed by atoms with Crippen LogP contribution >= 0.6 is 0 Å². The van der Waals surface area contributed by atoms with Crippen LogP contribution < -0.4 is 16.0 Å². The lowest BCUT2D eigenvalue weighted by molar-refractivity contribution is -0.123. The highest BCUT2D eigenvalue weighted by atomic mass is 16.1. The van der Waals surface area contributed by atoms with Crippen LogP contribution in [-0.4, -0.2) is 24.5 Å². The molecule has 0 saturated heterocycles. The Bertz CT molecular complexity index is 408. The van der Waals surface area contributed by atoms with E-state index in [1.165, 1.54) is 5.69 Å². The number of hydrogen-bond donors (Lipinski definition) is 2. The molecule has 0 atom stereocenters. The summed E-state index contributed by atoms with van der Waals surface area (Å²) in [5.74, 6) is -0.340. The molecule has 3 N–H and O–H groups in total. The van der Waals surface area contributed by atoms with Gasteiger partial charge in [-0.2, -0.15) is 0 Å². The molecule has 106 valence electrons. The number of anilines is 1. The molecule has 0 unspecified atom stereocenters. The van der Waals surface area contributed by atoms with Crippen molar-refractivity contribution in [3.63, 3.8) is 0 Å². The Morgan fingerprint density at radius 2 is 1.74 bits per heavy atom. The monoisotopic (exact) mass is 263 g/mol. The third-order valence-corrected chi connectivity index (χ3v) is 3.42. The quantitative estimate of drug-likeness (QED) is 0.790. The molecule has 1 aromatic carbocycles. The second-order valence-electron chi connectivity index (χ2n) is 5.18. The van der Waals surface area contributed by atoms with E-state index >= 15 is 0 Å². The van der Waals surface area contributed by atoms with Crippen LogP contribution in [0, 0.1) is 0 Å². The number of carbonyl (C=O) groups excluding carboxylic acids is 1. The van der Waals surface area contributed by atoms with Gasteiger partial charge in [-0.3, -0.25) is 10.1 Å². The molecule has 4 heteroatoms. The highest BCUT2D eigenvalue weighted by Gasteiger charge is 2.23. The van der Waals surface area contributed by atoms with Gasteiger partial charge in [0.25, 0.3) is 0 Å². The maximum atomic E-state index is 11.2. The van der Waals surface area contributed by atoms with Crippen LogP contribution in [0.4, 0.5) is 5.69 Å². The molecule has 0 heterocycles. The molecule has 1 amide bonds. The zero-order chi connectivity index (χ0) is 14.5. The van der Waals surface area contributed by atoms with E-state index in [0.717, 1.165) is 18.7 Å². The Morgan fingerprint density at radius 1 is 1.21 bits per heavy atom. The van der Waals surface area contributed by atoms with Crippen LogP contribution in [0.5, 0.6) is 0 Å². The van der Waals surface area contributed by atoms with Crippen molar-refractivity contribution in [3.05, 3.63) is 29.8 Å². The standard InChI is InChI=1S/C15H25N3O/c1-5-18(6-2)13-9-7-12(8-10-13)11-17-15(3,4)14(16)19/h7-10,17H,5-6,11H2,1-4H3,(H2,16,19). The number of carbonyl (C=O) groups is 1. The molecule has 0 aliphatic carbocycles. The highest BCUT2D eigenvalue weighted by molar-refractivity contribution is 5.83. The topological polar surface area (TPSA) is 58.4 Å². The molecule has 0 fully saturated rings. The van der Waals surface area contributed by atoms with Gasteiger partial charge in [-0.25, -0.2) is 0 Å². The summed E-state index contributed by atoms with van der Waals surface area (Å²) in [5.41, 5.74) is 7.01. The second kappa shape index (κ2) is 6.57. The van der Waals surface area contributed by atoms with Crippen LogP contribution in [0.3, 0.4) is 0 Å². The molecule has 0 bridgehead atoms. The van der Waals surface area contributed by atoms with E-state index in [4.69, 9.17) is 5.73 Å². The van der Waals surface area contributed by atoms with E-state index in [1.54, 1.807) is 13.8 Å². The van der Waals surface area contributed by atoms with Crippen molar-refractivity contribution in [2.45, 2.75) is 39.8 Å². The molecule has 0 aliphatic rings. The van der Waals surface area contributed by atoms with E-state index in [1.807, 2.05) is 0 Å². The minimum Gasteiger partial charge on any atom is -0.372 e. The van der Waals surface area contributed by atoms with Gasteiger partial charge in [-0.15, -0.1) is 0 Å². The molecular weight excluding hydrogens is 238 g/mol. The average molecular weight is 263 g/mol. The lowest BCUT2D eigenvalue weighted by atomic mass is 10.0. The first kappa shape index (κ1) is 15.5. The lowest BCUT2D eigenvalue weighted by Gasteiger charge is -2.23. The molecule has 0 radical (unpaired) electrons. The predicted molar refractivity (Wildman–Crippen MR) is 80.1 cm³/mol. The van der Waals surface area contributed by atoms with E-state index in [0.29, 0.717) is 6.54 Å². The number of amides is 1. The van der Waals surface area contributed by atoms with Gasteiger partial charge in [-0.1, -0.05) is 12.1 Å². The van der Waals surface area contributed by atoms with Gasteiger partial charge in [0, 0.05) is 25.3 Å². The smallest absolute Gasteiger partial charge is 0.237 e. The van der Waals surface area contributed by atoms with E-state index < -0.39 is 5.54 Å². The van der Waals surface area contributed by atoms with Crippen molar-refractivity contribution in [1.29, 1.82) is 0 Å². The number of nitrogens with one attached hydrogen (secondary N) is 1. The summed E-state index contributed by atoms with van der Waals surface area (Å²) in [6.45, 7) is 10.5. The molecule has 1 aromatic rings. The SMILES string of the molecule is CCN(CC)c1ccc(CNC(C)(C)C(N)=O)cc1. The summed E-state index contributed by atoms with van der Waals surface area (Å²) in [6, 6.07) is 8.39. The van der Waals surface area contributed by atoms with E-state index in [-0.39, 0.29) is 5.91 Å². The Hall–Kier alpha value is -1.55. The normalized spacial score (nSPS) is 11.4. The van der Waals surface area contributed by atoms with Crippen molar-refractivity contribution >= 4 is 11.6 Å². The predicted octanol–water partition coefficient (Wildman–Crippen LogP) is 1.89. The number of hydrogen-bond acceptors (Lipinski definition) is 3. The van der Waals surface area contributed by atoms with Gasteiger partial charge in [-0.05, 0) is 45.4 Å². The summed E-state index contributed by atoms with van der Waals surface area (Å²) in [6.07, 6.45) is 0. The molecule has 0 spiro atoms. The van der Waals surface area contributed by atoms with E-state index in [2.05, 4.69) is 48.3 Å². The van der Waals surface area contributed by atoms with Gasteiger partial charge in [0.2, 0.25) is 5.91 Å². The Kier molecular flexibility index (Phi) is 5.36. The van der Waals surface area contributed by atoms with E-state index in [9.17, 15) is 4.79 Å². The molecule has 4 nitrogen and oxygen atoms in total. The van der Waals surface area contributed by atoms with Crippen LogP contribution in [0.1, 0.15) is 33.3 Å². The lowest BCUT2D eigenvalue weighted by Crippen LogP contribution is -2.50. The fraction of sp³-hybridized carbons (Fsp3) is 0.533. The van der Waals surface area contributed by atoms with Crippen LogP contribution in [0.2, 0.25) is 0 Å². The fourth-order valence-corrected chi connectivity index (χ4v) is 1.82. The minimum absolute atomic E-state index is 0.340. The fourth-order valence-electron chi connectivity index (χ4n) is 1.82. The minimum atomic E-state index is -0.683. The van der Waals surface area contributed by atoms with Gasteiger partial charge < -0.3 is 10.6 Å². The van der Waals surface area contributed by atoms with Crippen molar-refractivity contribution in [1.82, 2.24) is 5.32 Å². The first-order chi connectivity index (χ1) is 8.90. The summed E-state index contributed by atoms with van der Waals surface area (Å²) >= 11 is 0. The number of rotatable bonds is 7. The third-order valence-electron chi connectivity index (χ3n) is 3.42. The molecule has 0 aliphatic heterocycles. The maximum absolute atomic E-state index is 11.2. The molecule has 0 saturated carbocycles.